The van der Waals surface area contributed by atoms with Crippen molar-refractivity contribution in [3.05, 3.63) is 67.6 Å². The zero-order valence-corrected chi connectivity index (χ0v) is 17.3. The van der Waals surface area contributed by atoms with Crippen molar-refractivity contribution in [1.29, 1.82) is 0 Å². The third-order valence-electron chi connectivity index (χ3n) is 5.12. The third kappa shape index (κ3) is 3.28. The fraction of sp³-hybridized carbons (Fsp3) is 0.350. The number of hydrogen-bond donors (Lipinski definition) is 0. The van der Waals surface area contributed by atoms with Gasteiger partial charge in [-0.25, -0.2) is 4.79 Å². The molecule has 0 saturated heterocycles. The Kier molecular flexibility index (Phi) is 5.06. The summed E-state index contributed by atoms with van der Waals surface area (Å²) >= 11 is 5.94. The number of imidazole rings is 2. The minimum absolute atomic E-state index is 0.166. The quantitative estimate of drug-likeness (QED) is 0.452. The van der Waals surface area contributed by atoms with Crippen molar-refractivity contribution in [1.82, 2.24) is 23.1 Å². The van der Waals surface area contributed by atoms with E-state index >= 15 is 0 Å². The summed E-state index contributed by atoms with van der Waals surface area (Å²) in [7, 11) is 3.30. The van der Waals surface area contributed by atoms with Gasteiger partial charge in [-0.05, 0) is 31.0 Å². The van der Waals surface area contributed by atoms with E-state index in [9.17, 15) is 9.59 Å². The van der Waals surface area contributed by atoms with Crippen LogP contribution in [-0.2, 0) is 24.9 Å². The smallest absolute Gasteiger partial charge is 0.332 e. The highest BCUT2D eigenvalue weighted by Gasteiger charge is 2.20. The number of aromatic nitrogens is 5. The predicted molar refractivity (Wildman–Crippen MR) is 112 cm³/mol. The van der Waals surface area contributed by atoms with Crippen LogP contribution in [0, 0.1) is 6.92 Å². The van der Waals surface area contributed by atoms with E-state index in [-0.39, 0.29) is 12.1 Å². The first-order valence-corrected chi connectivity index (χ1v) is 9.71. The summed E-state index contributed by atoms with van der Waals surface area (Å²) < 4.78 is 11.6. The van der Waals surface area contributed by atoms with Gasteiger partial charge >= 0.3 is 5.69 Å². The molecule has 0 spiro atoms. The Morgan fingerprint density at radius 3 is 2.55 bits per heavy atom. The lowest BCUT2D eigenvalue weighted by Crippen LogP contribution is -2.39. The minimum atomic E-state index is -0.402. The van der Waals surface area contributed by atoms with Crippen LogP contribution in [0.15, 0.2) is 40.1 Å². The molecule has 0 aliphatic heterocycles. The van der Waals surface area contributed by atoms with Gasteiger partial charge in [-0.1, -0.05) is 23.7 Å². The average molecular weight is 416 g/mol. The van der Waals surface area contributed by atoms with E-state index in [1.807, 2.05) is 17.7 Å². The number of fused-ring (bicyclic) bond motifs is 3. The van der Waals surface area contributed by atoms with E-state index < -0.39 is 5.69 Å². The van der Waals surface area contributed by atoms with Gasteiger partial charge in [0.15, 0.2) is 11.2 Å². The van der Waals surface area contributed by atoms with Crippen LogP contribution in [-0.4, -0.2) is 36.8 Å². The van der Waals surface area contributed by atoms with Crippen molar-refractivity contribution in [3.63, 3.8) is 0 Å². The van der Waals surface area contributed by atoms with E-state index in [1.54, 1.807) is 42.8 Å². The first-order valence-electron chi connectivity index (χ1n) is 9.33. The Labute approximate surface area is 171 Å². The fourth-order valence-electron chi connectivity index (χ4n) is 3.61. The van der Waals surface area contributed by atoms with Crippen LogP contribution >= 0.6 is 11.6 Å². The Hall–Kier alpha value is -2.84. The number of ether oxygens (including phenoxy) is 1. The van der Waals surface area contributed by atoms with Crippen molar-refractivity contribution in [2.45, 2.75) is 26.4 Å². The fourth-order valence-corrected chi connectivity index (χ4v) is 3.74. The predicted octanol–water partition coefficient (Wildman–Crippen LogP) is 2.20. The van der Waals surface area contributed by atoms with Crippen LogP contribution < -0.4 is 11.2 Å². The summed E-state index contributed by atoms with van der Waals surface area (Å²) in [6.45, 7) is 3.49. The second kappa shape index (κ2) is 7.53. The van der Waals surface area contributed by atoms with Crippen LogP contribution in [0.25, 0.3) is 16.9 Å². The lowest BCUT2D eigenvalue weighted by atomic mass is 10.2. The molecule has 3 aromatic heterocycles. The van der Waals surface area contributed by atoms with Gasteiger partial charge in [0.2, 0.25) is 5.78 Å². The van der Waals surface area contributed by atoms with Crippen molar-refractivity contribution in [2.24, 2.45) is 7.05 Å². The number of nitrogens with zero attached hydrogens (tertiary/aromatic N) is 5. The summed E-state index contributed by atoms with van der Waals surface area (Å²) in [5.41, 5.74) is 1.82. The van der Waals surface area contributed by atoms with Crippen molar-refractivity contribution < 1.29 is 4.74 Å². The maximum atomic E-state index is 13.3. The molecule has 0 bridgehead atoms. The molecule has 0 fully saturated rings. The molecule has 0 unspecified atom stereocenters. The molecule has 152 valence electrons. The first-order chi connectivity index (χ1) is 13.9. The molecule has 0 aliphatic carbocycles. The van der Waals surface area contributed by atoms with Gasteiger partial charge in [0.05, 0.1) is 6.54 Å². The molecule has 3 heterocycles. The molecule has 1 aromatic carbocycles. The van der Waals surface area contributed by atoms with Crippen LogP contribution in [0.3, 0.4) is 0 Å². The number of hydrogen-bond acceptors (Lipinski definition) is 4. The molecule has 0 saturated carbocycles. The number of rotatable bonds is 6. The van der Waals surface area contributed by atoms with E-state index in [0.29, 0.717) is 35.1 Å². The number of halogens is 1. The molecule has 0 amide bonds. The van der Waals surface area contributed by atoms with Gasteiger partial charge in [0.25, 0.3) is 5.56 Å². The van der Waals surface area contributed by atoms with Gasteiger partial charge in [0.1, 0.15) is 0 Å². The van der Waals surface area contributed by atoms with E-state index in [1.165, 1.54) is 9.13 Å². The normalized spacial score (nSPS) is 11.7. The highest BCUT2D eigenvalue weighted by Crippen LogP contribution is 2.17. The zero-order chi connectivity index (χ0) is 20.7. The van der Waals surface area contributed by atoms with Crippen LogP contribution in [0.4, 0.5) is 0 Å². The maximum Gasteiger partial charge on any atom is 0.332 e. The highest BCUT2D eigenvalue weighted by molar-refractivity contribution is 6.30. The molecule has 0 atom stereocenters. The second-order valence-corrected chi connectivity index (χ2v) is 7.52. The first kappa shape index (κ1) is 19.5. The molecule has 4 aromatic rings. The monoisotopic (exact) mass is 415 g/mol. The summed E-state index contributed by atoms with van der Waals surface area (Å²) in [6.07, 6.45) is 2.71. The standard InChI is InChI=1S/C20H22ClN5O3/c1-13-11-25-16-17(22-19(25)24(13)9-4-10-29-3)23(2)20(28)26(18(16)27)12-14-5-7-15(21)8-6-14/h5-8,11H,4,9-10,12H2,1-3H3. The Bertz CT molecular complexity index is 1310. The van der Waals surface area contributed by atoms with Crippen LogP contribution in [0.2, 0.25) is 5.02 Å². The lowest BCUT2D eigenvalue weighted by Gasteiger charge is -2.08. The topological polar surface area (TPSA) is 75.5 Å². The van der Waals surface area contributed by atoms with Crippen LogP contribution in [0.1, 0.15) is 17.7 Å². The molecule has 0 aliphatic rings. The van der Waals surface area contributed by atoms with Crippen molar-refractivity contribution in [2.75, 3.05) is 13.7 Å². The summed E-state index contributed by atoms with van der Waals surface area (Å²) in [6, 6.07) is 7.10. The third-order valence-corrected chi connectivity index (χ3v) is 5.38. The summed E-state index contributed by atoms with van der Waals surface area (Å²) in [5.74, 6) is 0.643. The van der Waals surface area contributed by atoms with Crippen LogP contribution in [0.5, 0.6) is 0 Å². The summed E-state index contributed by atoms with van der Waals surface area (Å²) in [5, 5.41) is 0.604. The molecular weight excluding hydrogens is 394 g/mol. The zero-order valence-electron chi connectivity index (χ0n) is 16.6. The molecule has 9 heteroatoms. The van der Waals surface area contributed by atoms with Gasteiger partial charge in [-0.2, -0.15) is 4.98 Å². The van der Waals surface area contributed by atoms with E-state index in [2.05, 4.69) is 4.98 Å². The van der Waals surface area contributed by atoms with Crippen molar-refractivity contribution in [3.8, 4) is 0 Å². The lowest BCUT2D eigenvalue weighted by molar-refractivity contribution is 0.190. The van der Waals surface area contributed by atoms with Crippen molar-refractivity contribution >= 4 is 28.5 Å². The molecule has 0 radical (unpaired) electrons. The molecule has 0 N–H and O–H groups in total. The van der Waals surface area contributed by atoms with Gasteiger partial charge in [-0.15, -0.1) is 0 Å². The van der Waals surface area contributed by atoms with Gasteiger partial charge in [0, 0.05) is 44.2 Å². The highest BCUT2D eigenvalue weighted by atomic mass is 35.5. The largest absolute Gasteiger partial charge is 0.385 e. The Balaban J connectivity index is 1.90. The number of methoxy groups -OCH3 is 1. The number of aryl methyl sites for hydroxylation is 3. The summed E-state index contributed by atoms with van der Waals surface area (Å²) in [4.78, 5) is 30.7. The molecule has 4 rings (SSSR count). The van der Waals surface area contributed by atoms with Gasteiger partial charge in [-0.3, -0.25) is 18.3 Å². The molecular formula is C20H22ClN5O3. The average Bonchev–Trinajstić information content (AvgIpc) is 3.21. The number of benzene rings is 1. The van der Waals surface area contributed by atoms with E-state index in [4.69, 9.17) is 16.3 Å². The Morgan fingerprint density at radius 2 is 1.86 bits per heavy atom. The SMILES string of the molecule is COCCCn1c(C)cn2c3c(=O)n(Cc4ccc(Cl)cc4)c(=O)n(C)c3nc12. The second-order valence-electron chi connectivity index (χ2n) is 7.08. The Morgan fingerprint density at radius 1 is 1.14 bits per heavy atom. The maximum absolute atomic E-state index is 13.3. The van der Waals surface area contributed by atoms with E-state index in [0.717, 1.165) is 17.7 Å². The molecule has 29 heavy (non-hydrogen) atoms. The minimum Gasteiger partial charge on any atom is -0.385 e. The molecule has 8 nitrogen and oxygen atoms in total. The van der Waals surface area contributed by atoms with Gasteiger partial charge < -0.3 is 9.30 Å².